The fourth-order valence-corrected chi connectivity index (χ4v) is 2.24. The largest absolute Gasteiger partial charge is 0.474 e. The molecule has 0 aromatic carbocycles. The number of nitrogens with two attached hydrogens (primary N) is 1. The summed E-state index contributed by atoms with van der Waals surface area (Å²) in [5.74, 6) is -1.29. The lowest BCUT2D eigenvalue weighted by Gasteiger charge is -2.28. The smallest absolute Gasteiger partial charge is 0.451 e. The summed E-state index contributed by atoms with van der Waals surface area (Å²) in [5, 5.41) is 0. The highest BCUT2D eigenvalue weighted by Crippen LogP contribution is 2.31. The Kier molecular flexibility index (Phi) is 3.82. The van der Waals surface area contributed by atoms with Crippen LogP contribution in [0.5, 0.6) is 5.88 Å². The van der Waals surface area contributed by atoms with Gasteiger partial charge in [-0.3, -0.25) is 0 Å². The molecule has 106 valence electrons. The first-order valence-corrected chi connectivity index (χ1v) is 6.24. The number of ether oxygens (including phenoxy) is 1. The number of nitrogens with zero attached hydrogens (tertiary/aromatic N) is 2. The fourth-order valence-electron chi connectivity index (χ4n) is 2.24. The average Bonchev–Trinajstić information content (AvgIpc) is 2.30. The molecule has 0 saturated heterocycles. The van der Waals surface area contributed by atoms with Crippen molar-refractivity contribution in [1.82, 2.24) is 9.97 Å². The Balaban J connectivity index is 2.18. The Morgan fingerprint density at radius 1 is 1.26 bits per heavy atom. The van der Waals surface area contributed by atoms with Crippen LogP contribution in [-0.2, 0) is 6.18 Å². The second kappa shape index (κ2) is 5.22. The monoisotopic (exact) mass is 275 g/mol. The predicted molar refractivity (Wildman–Crippen MR) is 63.5 cm³/mol. The standard InChI is InChI=1S/C12H16F3N3O/c1-7-4-2-3-5-8(7)19-10-6-9(16)17-11(18-10)12(13,14)15/h6-8H,2-5H2,1H3,(H2,16,17,18). The third-order valence-corrected chi connectivity index (χ3v) is 3.28. The number of alkyl halides is 3. The molecule has 0 amide bonds. The van der Waals surface area contributed by atoms with E-state index in [9.17, 15) is 13.2 Å². The lowest BCUT2D eigenvalue weighted by atomic mass is 9.88. The molecule has 0 bridgehead atoms. The van der Waals surface area contributed by atoms with Crippen molar-refractivity contribution in [2.45, 2.75) is 44.9 Å². The Labute approximate surface area is 109 Å². The molecule has 1 fully saturated rings. The molecule has 0 spiro atoms. The summed E-state index contributed by atoms with van der Waals surface area (Å²) >= 11 is 0. The van der Waals surface area contributed by atoms with E-state index in [2.05, 4.69) is 9.97 Å². The molecule has 4 nitrogen and oxygen atoms in total. The van der Waals surface area contributed by atoms with Gasteiger partial charge >= 0.3 is 6.18 Å². The topological polar surface area (TPSA) is 61.0 Å². The van der Waals surface area contributed by atoms with Gasteiger partial charge in [-0.05, 0) is 25.2 Å². The summed E-state index contributed by atoms with van der Waals surface area (Å²) in [6, 6.07) is 1.23. The van der Waals surface area contributed by atoms with E-state index in [0.717, 1.165) is 25.7 Å². The minimum Gasteiger partial charge on any atom is -0.474 e. The quantitative estimate of drug-likeness (QED) is 0.901. The van der Waals surface area contributed by atoms with E-state index in [1.807, 2.05) is 6.92 Å². The van der Waals surface area contributed by atoms with Crippen molar-refractivity contribution in [3.05, 3.63) is 11.9 Å². The molecular weight excluding hydrogens is 259 g/mol. The van der Waals surface area contributed by atoms with Gasteiger partial charge in [0.25, 0.3) is 0 Å². The van der Waals surface area contributed by atoms with Gasteiger partial charge in [0.1, 0.15) is 11.9 Å². The molecule has 19 heavy (non-hydrogen) atoms. The minimum atomic E-state index is -4.62. The van der Waals surface area contributed by atoms with Crippen LogP contribution >= 0.6 is 0 Å². The molecular formula is C12H16F3N3O. The number of hydrogen-bond donors (Lipinski definition) is 1. The summed E-state index contributed by atoms with van der Waals surface area (Å²) in [5.41, 5.74) is 5.36. The zero-order valence-electron chi connectivity index (χ0n) is 10.6. The van der Waals surface area contributed by atoms with Crippen LogP contribution in [-0.4, -0.2) is 16.1 Å². The van der Waals surface area contributed by atoms with Crippen molar-refractivity contribution < 1.29 is 17.9 Å². The summed E-state index contributed by atoms with van der Waals surface area (Å²) in [7, 11) is 0. The lowest BCUT2D eigenvalue weighted by Crippen LogP contribution is -2.29. The van der Waals surface area contributed by atoms with Gasteiger partial charge < -0.3 is 10.5 Å². The van der Waals surface area contributed by atoms with Gasteiger partial charge in [-0.15, -0.1) is 0 Å². The molecule has 2 N–H and O–H groups in total. The summed E-state index contributed by atoms with van der Waals surface area (Å²) in [6.07, 6.45) is -0.748. The normalized spacial score (nSPS) is 24.2. The van der Waals surface area contributed by atoms with Crippen LogP contribution in [0.4, 0.5) is 19.0 Å². The maximum atomic E-state index is 12.6. The molecule has 2 unspecified atom stereocenters. The van der Waals surface area contributed by atoms with Gasteiger partial charge in [0.15, 0.2) is 0 Å². The van der Waals surface area contributed by atoms with Crippen LogP contribution in [0.25, 0.3) is 0 Å². The van der Waals surface area contributed by atoms with Crippen LogP contribution in [0, 0.1) is 5.92 Å². The van der Waals surface area contributed by atoms with Gasteiger partial charge in [-0.2, -0.15) is 18.2 Å². The van der Waals surface area contributed by atoms with E-state index in [0.29, 0.717) is 5.92 Å². The molecule has 2 atom stereocenters. The molecule has 1 aliphatic carbocycles. The van der Waals surface area contributed by atoms with Crippen molar-refractivity contribution in [3.63, 3.8) is 0 Å². The van der Waals surface area contributed by atoms with E-state index in [1.165, 1.54) is 6.07 Å². The number of hydrogen-bond acceptors (Lipinski definition) is 4. The average molecular weight is 275 g/mol. The number of rotatable bonds is 2. The third-order valence-electron chi connectivity index (χ3n) is 3.28. The maximum Gasteiger partial charge on any atom is 0.451 e. The van der Waals surface area contributed by atoms with Gasteiger partial charge in [0.05, 0.1) is 0 Å². The van der Waals surface area contributed by atoms with Crippen LogP contribution < -0.4 is 10.5 Å². The lowest BCUT2D eigenvalue weighted by molar-refractivity contribution is -0.145. The Morgan fingerprint density at radius 3 is 2.58 bits per heavy atom. The Hall–Kier alpha value is -1.53. The second-order valence-electron chi connectivity index (χ2n) is 4.87. The molecule has 7 heteroatoms. The Bertz CT molecular complexity index is 450. The number of anilines is 1. The van der Waals surface area contributed by atoms with E-state index in [4.69, 9.17) is 10.5 Å². The molecule has 2 rings (SSSR count). The second-order valence-corrected chi connectivity index (χ2v) is 4.87. The Morgan fingerprint density at radius 2 is 1.95 bits per heavy atom. The zero-order chi connectivity index (χ0) is 14.0. The van der Waals surface area contributed by atoms with Gasteiger partial charge in [-0.25, -0.2) is 4.98 Å². The van der Waals surface area contributed by atoms with Crippen molar-refractivity contribution in [3.8, 4) is 5.88 Å². The van der Waals surface area contributed by atoms with E-state index in [-0.39, 0.29) is 17.8 Å². The number of halogens is 3. The first kappa shape index (κ1) is 13.9. The van der Waals surface area contributed by atoms with Gasteiger partial charge in [0.2, 0.25) is 11.7 Å². The highest BCUT2D eigenvalue weighted by atomic mass is 19.4. The van der Waals surface area contributed by atoms with Crippen LogP contribution in [0.15, 0.2) is 6.07 Å². The van der Waals surface area contributed by atoms with Crippen LogP contribution in [0.2, 0.25) is 0 Å². The SMILES string of the molecule is CC1CCCCC1Oc1cc(N)nc(C(F)(F)F)n1. The molecule has 0 aliphatic heterocycles. The third kappa shape index (κ3) is 3.48. The van der Waals surface area contributed by atoms with Crippen LogP contribution in [0.3, 0.4) is 0 Å². The zero-order valence-corrected chi connectivity index (χ0v) is 10.6. The van der Waals surface area contributed by atoms with Crippen LogP contribution in [0.1, 0.15) is 38.4 Å². The first-order chi connectivity index (χ1) is 8.86. The summed E-state index contributed by atoms with van der Waals surface area (Å²) in [4.78, 5) is 6.57. The maximum absolute atomic E-state index is 12.6. The minimum absolute atomic E-state index is 0.0985. The van der Waals surface area contributed by atoms with Crippen molar-refractivity contribution in [1.29, 1.82) is 0 Å². The number of aromatic nitrogens is 2. The molecule has 1 aliphatic rings. The highest BCUT2D eigenvalue weighted by Gasteiger charge is 2.36. The van der Waals surface area contributed by atoms with E-state index in [1.54, 1.807) is 0 Å². The molecule has 1 heterocycles. The predicted octanol–water partition coefficient (Wildman–Crippen LogP) is 3.04. The molecule has 1 aromatic heterocycles. The van der Waals surface area contributed by atoms with Crippen molar-refractivity contribution in [2.75, 3.05) is 5.73 Å². The first-order valence-electron chi connectivity index (χ1n) is 6.24. The van der Waals surface area contributed by atoms with E-state index >= 15 is 0 Å². The molecule has 0 radical (unpaired) electrons. The van der Waals surface area contributed by atoms with Crippen molar-refractivity contribution in [2.24, 2.45) is 5.92 Å². The van der Waals surface area contributed by atoms with Gasteiger partial charge in [0, 0.05) is 6.07 Å². The fraction of sp³-hybridized carbons (Fsp3) is 0.667. The molecule has 1 aromatic rings. The summed E-state index contributed by atoms with van der Waals surface area (Å²) in [6.45, 7) is 2.03. The number of nitrogen functional groups attached to an aromatic ring is 1. The van der Waals surface area contributed by atoms with Gasteiger partial charge in [-0.1, -0.05) is 13.3 Å². The summed E-state index contributed by atoms with van der Waals surface area (Å²) < 4.78 is 43.3. The van der Waals surface area contributed by atoms with Crippen molar-refractivity contribution >= 4 is 5.82 Å². The molecule has 1 saturated carbocycles. The highest BCUT2D eigenvalue weighted by molar-refractivity contribution is 5.33. The van der Waals surface area contributed by atoms with E-state index < -0.39 is 12.0 Å².